The molecule has 0 spiro atoms. The highest BCUT2D eigenvalue weighted by atomic mass is 35.5. The van der Waals surface area contributed by atoms with Crippen molar-refractivity contribution in [3.63, 3.8) is 0 Å². The van der Waals surface area contributed by atoms with Gasteiger partial charge in [-0.25, -0.2) is 0 Å². The lowest BCUT2D eigenvalue weighted by Gasteiger charge is -2.19. The lowest BCUT2D eigenvalue weighted by Crippen LogP contribution is -2.11. The first kappa shape index (κ1) is 12.2. The molecule has 1 heterocycles. The molecule has 1 aromatic heterocycles. The molecule has 2 aromatic rings. The van der Waals surface area contributed by atoms with E-state index in [4.69, 9.17) is 11.6 Å². The summed E-state index contributed by atoms with van der Waals surface area (Å²) in [4.78, 5) is 0. The summed E-state index contributed by atoms with van der Waals surface area (Å²) < 4.78 is 1.85. The molecule has 0 radical (unpaired) electrons. The van der Waals surface area contributed by atoms with E-state index in [0.717, 1.165) is 6.54 Å². The van der Waals surface area contributed by atoms with Gasteiger partial charge in [0.2, 0.25) is 0 Å². The Kier molecular flexibility index (Phi) is 3.25. The second-order valence-electron chi connectivity index (χ2n) is 5.31. The van der Waals surface area contributed by atoms with E-state index >= 15 is 0 Å². The van der Waals surface area contributed by atoms with Gasteiger partial charge in [0.15, 0.2) is 0 Å². The summed E-state index contributed by atoms with van der Waals surface area (Å²) in [5, 5.41) is 4.87. The van der Waals surface area contributed by atoms with E-state index in [9.17, 15) is 0 Å². The predicted molar refractivity (Wildman–Crippen MR) is 71.5 cm³/mol. The van der Waals surface area contributed by atoms with Gasteiger partial charge in [-0.05, 0) is 16.5 Å². The Bertz CT molecular complexity index is 509. The number of rotatable bonds is 2. The number of nitrogens with zero attached hydrogens (tertiary/aromatic N) is 2. The highest BCUT2D eigenvalue weighted by Crippen LogP contribution is 2.23. The number of halogens is 1. The minimum absolute atomic E-state index is 0.178. The Hall–Kier alpha value is -1.28. The van der Waals surface area contributed by atoms with Crippen molar-refractivity contribution in [3.05, 3.63) is 52.8 Å². The molecule has 3 heteroatoms. The van der Waals surface area contributed by atoms with Crippen LogP contribution in [-0.2, 0) is 12.0 Å². The second-order valence-corrected chi connectivity index (χ2v) is 5.74. The molecule has 0 amide bonds. The smallest absolute Gasteiger partial charge is 0.0785 e. The van der Waals surface area contributed by atoms with Crippen LogP contribution < -0.4 is 0 Å². The Morgan fingerprint density at radius 3 is 2.65 bits per heavy atom. The lowest BCUT2D eigenvalue weighted by atomic mass is 9.86. The zero-order valence-electron chi connectivity index (χ0n) is 10.4. The maximum absolute atomic E-state index is 5.85. The molecule has 0 atom stereocenters. The summed E-state index contributed by atoms with van der Waals surface area (Å²) in [6, 6.07) is 8.61. The van der Waals surface area contributed by atoms with Crippen molar-refractivity contribution in [1.29, 1.82) is 0 Å². The molecule has 1 aromatic carbocycles. The fraction of sp³-hybridized carbons (Fsp3) is 0.357. The van der Waals surface area contributed by atoms with Crippen molar-refractivity contribution in [3.8, 4) is 0 Å². The fourth-order valence-electron chi connectivity index (χ4n) is 1.75. The number of hydrogen-bond acceptors (Lipinski definition) is 1. The first-order chi connectivity index (χ1) is 7.95. The van der Waals surface area contributed by atoms with Crippen molar-refractivity contribution < 1.29 is 0 Å². The van der Waals surface area contributed by atoms with E-state index < -0.39 is 0 Å². The van der Waals surface area contributed by atoms with E-state index in [2.05, 4.69) is 50.1 Å². The van der Waals surface area contributed by atoms with Crippen molar-refractivity contribution in [1.82, 2.24) is 9.78 Å². The number of benzene rings is 1. The first-order valence-electron chi connectivity index (χ1n) is 5.72. The summed E-state index contributed by atoms with van der Waals surface area (Å²) in [5.41, 5.74) is 2.77. The van der Waals surface area contributed by atoms with Gasteiger partial charge in [0.05, 0.1) is 17.8 Å². The van der Waals surface area contributed by atoms with Crippen LogP contribution in [0.25, 0.3) is 0 Å². The van der Waals surface area contributed by atoms with Crippen LogP contribution in [0.15, 0.2) is 36.7 Å². The first-order valence-corrected chi connectivity index (χ1v) is 6.10. The molecule has 0 N–H and O–H groups in total. The highest BCUT2D eigenvalue weighted by Gasteiger charge is 2.13. The van der Waals surface area contributed by atoms with Gasteiger partial charge in [-0.15, -0.1) is 0 Å². The molecule has 2 rings (SSSR count). The third kappa shape index (κ3) is 3.10. The molecule has 0 aliphatic carbocycles. The van der Waals surface area contributed by atoms with Gasteiger partial charge in [0.1, 0.15) is 0 Å². The van der Waals surface area contributed by atoms with Gasteiger partial charge in [-0.2, -0.15) is 5.10 Å². The molecule has 0 aliphatic heterocycles. The van der Waals surface area contributed by atoms with Gasteiger partial charge in [0, 0.05) is 6.20 Å². The van der Waals surface area contributed by atoms with E-state index in [1.165, 1.54) is 11.1 Å². The fourth-order valence-corrected chi connectivity index (χ4v) is 1.90. The van der Waals surface area contributed by atoms with Gasteiger partial charge in [-0.3, -0.25) is 4.68 Å². The van der Waals surface area contributed by atoms with Crippen LogP contribution in [0, 0.1) is 0 Å². The summed E-state index contributed by atoms with van der Waals surface area (Å²) in [6.45, 7) is 7.42. The minimum atomic E-state index is 0.178. The third-order valence-corrected chi connectivity index (χ3v) is 2.93. The maximum atomic E-state index is 5.85. The molecular formula is C14H17ClN2. The Labute approximate surface area is 107 Å². The largest absolute Gasteiger partial charge is 0.267 e. The van der Waals surface area contributed by atoms with Gasteiger partial charge in [0.25, 0.3) is 0 Å². The van der Waals surface area contributed by atoms with Gasteiger partial charge >= 0.3 is 0 Å². The van der Waals surface area contributed by atoms with E-state index in [1.807, 2.05) is 10.9 Å². The van der Waals surface area contributed by atoms with Crippen molar-refractivity contribution >= 4 is 11.6 Å². The molecule has 17 heavy (non-hydrogen) atoms. The molecule has 0 bridgehead atoms. The molecule has 2 nitrogen and oxygen atoms in total. The Morgan fingerprint density at radius 1 is 1.29 bits per heavy atom. The van der Waals surface area contributed by atoms with Crippen LogP contribution in [0.3, 0.4) is 0 Å². The highest BCUT2D eigenvalue weighted by molar-refractivity contribution is 6.30. The molecule has 0 saturated heterocycles. The van der Waals surface area contributed by atoms with Crippen molar-refractivity contribution in [2.45, 2.75) is 32.7 Å². The summed E-state index contributed by atoms with van der Waals surface area (Å²) >= 11 is 5.85. The van der Waals surface area contributed by atoms with E-state index in [1.54, 1.807) is 6.20 Å². The lowest BCUT2D eigenvalue weighted by molar-refractivity contribution is 0.587. The average Bonchev–Trinajstić information content (AvgIpc) is 2.63. The van der Waals surface area contributed by atoms with Crippen LogP contribution in [0.2, 0.25) is 5.02 Å². The molecule has 0 saturated carbocycles. The molecule has 90 valence electrons. The van der Waals surface area contributed by atoms with Crippen LogP contribution >= 0.6 is 11.6 Å². The third-order valence-electron chi connectivity index (χ3n) is 2.74. The molecule has 0 aliphatic rings. The number of aromatic nitrogens is 2. The topological polar surface area (TPSA) is 17.8 Å². The maximum Gasteiger partial charge on any atom is 0.0785 e. The van der Waals surface area contributed by atoms with Gasteiger partial charge < -0.3 is 0 Å². The summed E-state index contributed by atoms with van der Waals surface area (Å²) in [5.74, 6) is 0. The zero-order chi connectivity index (χ0) is 12.5. The average molecular weight is 249 g/mol. The molecule has 0 fully saturated rings. The van der Waals surface area contributed by atoms with Gasteiger partial charge in [-0.1, -0.05) is 56.6 Å². The summed E-state index contributed by atoms with van der Waals surface area (Å²) in [7, 11) is 0. The van der Waals surface area contributed by atoms with Crippen LogP contribution in [0.4, 0.5) is 0 Å². The monoisotopic (exact) mass is 248 g/mol. The Morgan fingerprint density at radius 2 is 2.06 bits per heavy atom. The van der Waals surface area contributed by atoms with Crippen LogP contribution in [0.5, 0.6) is 0 Å². The minimum Gasteiger partial charge on any atom is -0.267 e. The number of hydrogen-bond donors (Lipinski definition) is 0. The quantitative estimate of drug-likeness (QED) is 0.789. The van der Waals surface area contributed by atoms with E-state index in [0.29, 0.717) is 5.02 Å². The SMILES string of the molecule is CC(C)(C)c1cccc(Cn2cc(Cl)cn2)c1. The normalized spacial score (nSPS) is 11.8. The Balaban J connectivity index is 2.22. The van der Waals surface area contributed by atoms with Crippen LogP contribution in [-0.4, -0.2) is 9.78 Å². The van der Waals surface area contributed by atoms with Crippen LogP contribution in [0.1, 0.15) is 31.9 Å². The summed E-state index contributed by atoms with van der Waals surface area (Å²) in [6.07, 6.45) is 3.50. The molecular weight excluding hydrogens is 232 g/mol. The van der Waals surface area contributed by atoms with Crippen molar-refractivity contribution in [2.75, 3.05) is 0 Å². The standard InChI is InChI=1S/C14H17ClN2/c1-14(2,3)12-6-4-5-11(7-12)9-17-10-13(15)8-16-17/h4-8,10H,9H2,1-3H3. The molecule has 0 unspecified atom stereocenters. The van der Waals surface area contributed by atoms with Crippen molar-refractivity contribution in [2.24, 2.45) is 0 Å². The zero-order valence-corrected chi connectivity index (χ0v) is 11.2. The second kappa shape index (κ2) is 4.53. The predicted octanol–water partition coefficient (Wildman–Crippen LogP) is 3.88. The van der Waals surface area contributed by atoms with E-state index in [-0.39, 0.29) is 5.41 Å².